The number of nitrogens with zero attached hydrogens (tertiary/aromatic N) is 5. The van der Waals surface area contributed by atoms with Gasteiger partial charge in [0.1, 0.15) is 6.54 Å². The molecule has 2 aromatic heterocycles. The van der Waals surface area contributed by atoms with Gasteiger partial charge in [-0.2, -0.15) is 0 Å². The summed E-state index contributed by atoms with van der Waals surface area (Å²) in [5, 5.41) is 0. The molecule has 27 heavy (non-hydrogen) atoms. The van der Waals surface area contributed by atoms with E-state index in [1.54, 1.807) is 11.8 Å². The monoisotopic (exact) mass is 377 g/mol. The number of aryl methyl sites for hydroxylation is 1. The molecule has 1 fully saturated rings. The fourth-order valence-electron chi connectivity index (χ4n) is 3.42. The van der Waals surface area contributed by atoms with Crippen LogP contribution in [0.3, 0.4) is 0 Å². The van der Waals surface area contributed by atoms with Gasteiger partial charge in [0.2, 0.25) is 5.91 Å². The van der Waals surface area contributed by atoms with Crippen molar-refractivity contribution in [3.8, 4) is 0 Å². The number of ether oxygens (including phenoxy) is 1. The molecule has 0 saturated carbocycles. The van der Waals surface area contributed by atoms with Crippen LogP contribution in [0, 0.1) is 5.92 Å². The second-order valence-corrected chi connectivity index (χ2v) is 6.68. The second kappa shape index (κ2) is 7.37. The summed E-state index contributed by atoms with van der Waals surface area (Å²) < 4.78 is 8.77. The molecule has 10 nitrogen and oxygen atoms in total. The Morgan fingerprint density at radius 1 is 1.26 bits per heavy atom. The highest BCUT2D eigenvalue weighted by atomic mass is 16.5. The van der Waals surface area contributed by atoms with Gasteiger partial charge in [0.15, 0.2) is 11.2 Å². The third-order valence-corrected chi connectivity index (χ3v) is 4.92. The number of carbonyl (C=O) groups is 2. The van der Waals surface area contributed by atoms with E-state index < -0.39 is 11.2 Å². The summed E-state index contributed by atoms with van der Waals surface area (Å²) in [5.74, 6) is -0.818. The van der Waals surface area contributed by atoms with E-state index in [4.69, 9.17) is 4.74 Å². The topological polar surface area (TPSA) is 108 Å². The molecule has 1 atom stereocenters. The van der Waals surface area contributed by atoms with Crippen LogP contribution in [0.2, 0.25) is 0 Å². The van der Waals surface area contributed by atoms with E-state index >= 15 is 0 Å². The molecule has 146 valence electrons. The Bertz CT molecular complexity index is 1000. The number of hydrogen-bond acceptors (Lipinski definition) is 6. The van der Waals surface area contributed by atoms with Crippen molar-refractivity contribution in [2.75, 3.05) is 19.7 Å². The van der Waals surface area contributed by atoms with Crippen molar-refractivity contribution >= 4 is 23.0 Å². The molecule has 0 spiro atoms. The first-order chi connectivity index (χ1) is 12.8. The summed E-state index contributed by atoms with van der Waals surface area (Å²) in [6, 6.07) is 0. The number of amides is 1. The quantitative estimate of drug-likeness (QED) is 0.648. The number of aromatic nitrogens is 4. The van der Waals surface area contributed by atoms with Crippen LogP contribution in [0.25, 0.3) is 11.2 Å². The minimum absolute atomic E-state index is 0.0838. The summed E-state index contributed by atoms with van der Waals surface area (Å²) in [4.78, 5) is 54.9. The maximum atomic E-state index is 12.7. The number of likely N-dealkylation sites (tertiary alicyclic amines) is 1. The first-order valence-corrected chi connectivity index (χ1v) is 8.90. The standard InChI is InChI=1S/C17H23N5O5/c1-4-27-16(25)11-6-5-7-21(8-11)12(23)9-22-10-18-14-13(22)15(24)20(3)17(26)19(14)2/h10-11H,4-9H2,1-3H3/t11-/m1/s1. The van der Waals surface area contributed by atoms with Crippen LogP contribution in [0.5, 0.6) is 0 Å². The Balaban J connectivity index is 1.83. The summed E-state index contributed by atoms with van der Waals surface area (Å²) in [6.45, 7) is 2.84. The zero-order valence-corrected chi connectivity index (χ0v) is 15.7. The number of fused-ring (bicyclic) bond motifs is 1. The molecule has 0 N–H and O–H groups in total. The molecule has 3 rings (SSSR count). The van der Waals surface area contributed by atoms with Gasteiger partial charge in [-0.15, -0.1) is 0 Å². The largest absolute Gasteiger partial charge is 0.466 e. The lowest BCUT2D eigenvalue weighted by Gasteiger charge is -2.31. The highest BCUT2D eigenvalue weighted by Gasteiger charge is 2.29. The molecule has 2 aromatic rings. The van der Waals surface area contributed by atoms with Gasteiger partial charge in [-0.3, -0.25) is 23.5 Å². The average Bonchev–Trinajstić information content (AvgIpc) is 3.08. The molecular formula is C17H23N5O5. The molecule has 0 bridgehead atoms. The van der Waals surface area contributed by atoms with Crippen molar-refractivity contribution in [1.29, 1.82) is 0 Å². The van der Waals surface area contributed by atoms with E-state index in [2.05, 4.69) is 4.98 Å². The van der Waals surface area contributed by atoms with E-state index in [0.717, 1.165) is 11.0 Å². The molecular weight excluding hydrogens is 354 g/mol. The fraction of sp³-hybridized carbons (Fsp3) is 0.588. The van der Waals surface area contributed by atoms with Crippen molar-refractivity contribution in [1.82, 2.24) is 23.6 Å². The number of imidazole rings is 1. The summed E-state index contributed by atoms with van der Waals surface area (Å²) in [7, 11) is 2.91. The minimum Gasteiger partial charge on any atom is -0.466 e. The Morgan fingerprint density at radius 2 is 2.00 bits per heavy atom. The van der Waals surface area contributed by atoms with Crippen LogP contribution in [0.4, 0.5) is 0 Å². The maximum absolute atomic E-state index is 12.7. The molecule has 3 heterocycles. The van der Waals surface area contributed by atoms with Crippen LogP contribution < -0.4 is 11.2 Å². The molecule has 1 aliphatic heterocycles. The van der Waals surface area contributed by atoms with Crippen LogP contribution in [-0.4, -0.2) is 55.2 Å². The Morgan fingerprint density at radius 3 is 2.70 bits per heavy atom. The SMILES string of the molecule is CCOC(=O)[C@@H]1CCCN(C(=O)Cn2cnc3c2c(=O)n(C)c(=O)n3C)C1. The molecule has 1 amide bonds. The van der Waals surface area contributed by atoms with Crippen molar-refractivity contribution in [3.05, 3.63) is 27.2 Å². The van der Waals surface area contributed by atoms with Crippen LogP contribution in [0.1, 0.15) is 19.8 Å². The van der Waals surface area contributed by atoms with Crippen LogP contribution in [-0.2, 0) is 35.0 Å². The number of hydrogen-bond donors (Lipinski definition) is 0. The zero-order valence-electron chi connectivity index (χ0n) is 15.7. The molecule has 0 aliphatic carbocycles. The lowest BCUT2D eigenvalue weighted by molar-refractivity contribution is -0.151. The van der Waals surface area contributed by atoms with Crippen molar-refractivity contribution in [2.24, 2.45) is 20.0 Å². The summed E-state index contributed by atoms with van der Waals surface area (Å²) in [6.07, 6.45) is 2.80. The Labute approximate surface area is 155 Å². The molecule has 0 unspecified atom stereocenters. The van der Waals surface area contributed by atoms with Crippen molar-refractivity contribution < 1.29 is 14.3 Å². The average molecular weight is 377 g/mol. The maximum Gasteiger partial charge on any atom is 0.332 e. The minimum atomic E-state index is -0.499. The lowest BCUT2D eigenvalue weighted by atomic mass is 9.98. The third kappa shape index (κ3) is 3.38. The van der Waals surface area contributed by atoms with E-state index in [1.165, 1.54) is 29.6 Å². The van der Waals surface area contributed by atoms with E-state index in [9.17, 15) is 19.2 Å². The summed E-state index contributed by atoms with van der Waals surface area (Å²) in [5.41, 5.74) is -0.537. The van der Waals surface area contributed by atoms with Gasteiger partial charge in [-0.1, -0.05) is 0 Å². The van der Waals surface area contributed by atoms with Gasteiger partial charge in [0.25, 0.3) is 5.56 Å². The summed E-state index contributed by atoms with van der Waals surface area (Å²) >= 11 is 0. The Hall–Kier alpha value is -2.91. The first-order valence-electron chi connectivity index (χ1n) is 8.90. The first kappa shape index (κ1) is 18.9. The smallest absolute Gasteiger partial charge is 0.332 e. The molecule has 1 aliphatic rings. The predicted octanol–water partition coefficient (Wildman–Crippen LogP) is -0.765. The van der Waals surface area contributed by atoms with Crippen molar-refractivity contribution in [3.63, 3.8) is 0 Å². The fourth-order valence-corrected chi connectivity index (χ4v) is 3.42. The van der Waals surface area contributed by atoms with E-state index in [0.29, 0.717) is 26.1 Å². The number of rotatable bonds is 4. The highest BCUT2D eigenvalue weighted by molar-refractivity contribution is 5.80. The lowest BCUT2D eigenvalue weighted by Crippen LogP contribution is -2.44. The third-order valence-electron chi connectivity index (χ3n) is 4.92. The number of carbonyl (C=O) groups excluding carboxylic acids is 2. The van der Waals surface area contributed by atoms with Crippen molar-refractivity contribution in [2.45, 2.75) is 26.3 Å². The van der Waals surface area contributed by atoms with Crippen LogP contribution in [0.15, 0.2) is 15.9 Å². The number of piperidine rings is 1. The van der Waals surface area contributed by atoms with E-state index in [1.807, 2.05) is 0 Å². The molecule has 0 aromatic carbocycles. The highest BCUT2D eigenvalue weighted by Crippen LogP contribution is 2.18. The Kier molecular flexibility index (Phi) is 5.15. The molecule has 0 radical (unpaired) electrons. The van der Waals surface area contributed by atoms with Gasteiger partial charge in [-0.05, 0) is 19.8 Å². The van der Waals surface area contributed by atoms with Gasteiger partial charge in [0, 0.05) is 27.2 Å². The van der Waals surface area contributed by atoms with Gasteiger partial charge in [0.05, 0.1) is 18.9 Å². The van der Waals surface area contributed by atoms with Crippen LogP contribution >= 0.6 is 0 Å². The van der Waals surface area contributed by atoms with E-state index in [-0.39, 0.29) is 35.5 Å². The predicted molar refractivity (Wildman–Crippen MR) is 96.2 cm³/mol. The zero-order chi connectivity index (χ0) is 19.7. The van der Waals surface area contributed by atoms with Gasteiger partial charge >= 0.3 is 11.7 Å². The molecule has 1 saturated heterocycles. The normalized spacial score (nSPS) is 17.3. The van der Waals surface area contributed by atoms with Gasteiger partial charge in [-0.25, -0.2) is 9.78 Å². The number of esters is 1. The van der Waals surface area contributed by atoms with Gasteiger partial charge < -0.3 is 14.2 Å². The molecule has 10 heteroatoms. The second-order valence-electron chi connectivity index (χ2n) is 6.68.